The van der Waals surface area contributed by atoms with Gasteiger partial charge in [0.15, 0.2) is 0 Å². The molecule has 6 nitrogen and oxygen atoms in total. The Hall–Kier alpha value is -3.41. The van der Waals surface area contributed by atoms with Gasteiger partial charge in [0, 0.05) is 11.1 Å². The molecule has 0 fully saturated rings. The van der Waals surface area contributed by atoms with Crippen LogP contribution >= 0.6 is 0 Å². The Bertz CT molecular complexity index is 962. The molecule has 0 aliphatic rings. The molecule has 2 aromatic carbocycles. The predicted octanol–water partition coefficient (Wildman–Crippen LogP) is 2.84. The van der Waals surface area contributed by atoms with E-state index >= 15 is 0 Å². The number of primary amides is 1. The Balaban J connectivity index is 1.97. The minimum Gasteiger partial charge on any atom is -0.368 e. The van der Waals surface area contributed by atoms with E-state index in [4.69, 9.17) is 10.3 Å². The largest absolute Gasteiger partial charge is 0.368 e. The number of hydrogen-bond acceptors (Lipinski definition) is 4. The van der Waals surface area contributed by atoms with Crippen LogP contribution in [0.4, 0.5) is 0 Å². The van der Waals surface area contributed by atoms with E-state index < -0.39 is 5.91 Å². The first-order valence-electron chi connectivity index (χ1n) is 8.16. The highest BCUT2D eigenvalue weighted by atomic mass is 16.5. The highest BCUT2D eigenvalue weighted by molar-refractivity contribution is 5.98. The summed E-state index contributed by atoms with van der Waals surface area (Å²) in [5.41, 5.74) is 9.85. The minimum atomic E-state index is -0.583. The zero-order valence-electron chi connectivity index (χ0n) is 14.6. The van der Waals surface area contributed by atoms with Crippen LogP contribution in [-0.2, 0) is 4.79 Å². The number of nitrogens with two attached hydrogens (primary N) is 1. The van der Waals surface area contributed by atoms with E-state index in [0.29, 0.717) is 11.3 Å². The quantitative estimate of drug-likeness (QED) is 0.740. The SMILES string of the molecule is Cc1cc(-c2c(-c3ccccc3)noc2C)ccc1C(=O)NCC(N)=O. The van der Waals surface area contributed by atoms with Gasteiger partial charge in [0.05, 0.1) is 12.1 Å². The van der Waals surface area contributed by atoms with Gasteiger partial charge in [0.25, 0.3) is 5.91 Å². The smallest absolute Gasteiger partial charge is 0.251 e. The summed E-state index contributed by atoms with van der Waals surface area (Å²) in [6.45, 7) is 3.51. The van der Waals surface area contributed by atoms with Gasteiger partial charge < -0.3 is 15.6 Å². The third kappa shape index (κ3) is 3.49. The van der Waals surface area contributed by atoms with E-state index in [9.17, 15) is 9.59 Å². The molecule has 2 amide bonds. The maximum Gasteiger partial charge on any atom is 0.251 e. The molecule has 0 aliphatic heterocycles. The van der Waals surface area contributed by atoms with Crippen LogP contribution < -0.4 is 11.1 Å². The van der Waals surface area contributed by atoms with E-state index in [0.717, 1.165) is 27.9 Å². The van der Waals surface area contributed by atoms with Crippen molar-refractivity contribution in [3.8, 4) is 22.4 Å². The maximum atomic E-state index is 12.2. The predicted molar refractivity (Wildman–Crippen MR) is 98.4 cm³/mol. The average molecular weight is 349 g/mol. The third-order valence-corrected chi connectivity index (χ3v) is 4.09. The van der Waals surface area contributed by atoms with Crippen LogP contribution in [0.1, 0.15) is 21.7 Å². The molecule has 0 aliphatic carbocycles. The van der Waals surface area contributed by atoms with Crippen molar-refractivity contribution < 1.29 is 14.1 Å². The van der Waals surface area contributed by atoms with Gasteiger partial charge in [0.2, 0.25) is 5.91 Å². The summed E-state index contributed by atoms with van der Waals surface area (Å²) in [5, 5.41) is 6.69. The summed E-state index contributed by atoms with van der Waals surface area (Å²) in [6, 6.07) is 15.3. The van der Waals surface area contributed by atoms with E-state index in [1.165, 1.54) is 0 Å². The third-order valence-electron chi connectivity index (χ3n) is 4.09. The second-order valence-corrected chi connectivity index (χ2v) is 6.01. The van der Waals surface area contributed by atoms with Crippen LogP contribution in [0, 0.1) is 13.8 Å². The fourth-order valence-electron chi connectivity index (χ4n) is 2.84. The molecule has 1 heterocycles. The second-order valence-electron chi connectivity index (χ2n) is 6.01. The molecule has 132 valence electrons. The summed E-state index contributed by atoms with van der Waals surface area (Å²) in [6.07, 6.45) is 0. The molecule has 3 rings (SSSR count). The van der Waals surface area contributed by atoms with Crippen LogP contribution in [0.5, 0.6) is 0 Å². The van der Waals surface area contributed by atoms with Gasteiger partial charge in [-0.3, -0.25) is 9.59 Å². The number of carbonyl (C=O) groups is 2. The summed E-state index contributed by atoms with van der Waals surface area (Å²) >= 11 is 0. The minimum absolute atomic E-state index is 0.192. The molecule has 0 bridgehead atoms. The molecule has 0 saturated carbocycles. The maximum absolute atomic E-state index is 12.2. The molecule has 1 aromatic heterocycles. The monoisotopic (exact) mass is 349 g/mol. The Morgan fingerprint density at radius 3 is 2.46 bits per heavy atom. The van der Waals surface area contributed by atoms with Gasteiger partial charge in [-0.05, 0) is 31.0 Å². The number of nitrogens with one attached hydrogen (secondary N) is 1. The molecule has 0 radical (unpaired) electrons. The first-order chi connectivity index (χ1) is 12.5. The number of amides is 2. The summed E-state index contributed by atoms with van der Waals surface area (Å²) in [5.74, 6) is -0.215. The Morgan fingerprint density at radius 2 is 1.81 bits per heavy atom. The number of benzene rings is 2. The molecule has 0 spiro atoms. The van der Waals surface area contributed by atoms with Crippen molar-refractivity contribution in [3.63, 3.8) is 0 Å². The fraction of sp³-hybridized carbons (Fsp3) is 0.150. The lowest BCUT2D eigenvalue weighted by atomic mass is 9.96. The lowest BCUT2D eigenvalue weighted by Crippen LogP contribution is -2.33. The lowest BCUT2D eigenvalue weighted by molar-refractivity contribution is -0.117. The second kappa shape index (κ2) is 7.23. The van der Waals surface area contributed by atoms with Gasteiger partial charge in [-0.25, -0.2) is 0 Å². The van der Waals surface area contributed by atoms with Crippen LogP contribution in [-0.4, -0.2) is 23.5 Å². The zero-order chi connectivity index (χ0) is 18.7. The number of rotatable bonds is 5. The highest BCUT2D eigenvalue weighted by Crippen LogP contribution is 2.34. The van der Waals surface area contributed by atoms with Gasteiger partial charge >= 0.3 is 0 Å². The summed E-state index contributed by atoms with van der Waals surface area (Å²) < 4.78 is 5.41. The molecule has 3 N–H and O–H groups in total. The Labute approximate surface area is 151 Å². The first-order valence-corrected chi connectivity index (χ1v) is 8.16. The molecule has 0 unspecified atom stereocenters. The van der Waals surface area contributed by atoms with Crippen molar-refractivity contribution in [2.24, 2.45) is 5.73 Å². The number of carbonyl (C=O) groups excluding carboxylic acids is 2. The normalized spacial score (nSPS) is 10.5. The van der Waals surface area contributed by atoms with Crippen LogP contribution in [0.3, 0.4) is 0 Å². The molecular weight excluding hydrogens is 330 g/mol. The number of nitrogens with zero attached hydrogens (tertiary/aromatic N) is 1. The Kier molecular flexibility index (Phi) is 4.84. The number of hydrogen-bond donors (Lipinski definition) is 2. The fourth-order valence-corrected chi connectivity index (χ4v) is 2.84. The molecular formula is C20H19N3O3. The summed E-state index contributed by atoms with van der Waals surface area (Å²) in [4.78, 5) is 23.0. The lowest BCUT2D eigenvalue weighted by Gasteiger charge is -2.09. The van der Waals surface area contributed by atoms with Crippen molar-refractivity contribution in [2.45, 2.75) is 13.8 Å². The van der Waals surface area contributed by atoms with Crippen molar-refractivity contribution in [3.05, 3.63) is 65.4 Å². The van der Waals surface area contributed by atoms with Crippen LogP contribution in [0.25, 0.3) is 22.4 Å². The van der Waals surface area contributed by atoms with Gasteiger partial charge in [-0.2, -0.15) is 0 Å². The van der Waals surface area contributed by atoms with E-state index in [-0.39, 0.29) is 12.5 Å². The zero-order valence-corrected chi connectivity index (χ0v) is 14.6. The van der Waals surface area contributed by atoms with Crippen molar-refractivity contribution in [1.29, 1.82) is 0 Å². The number of aromatic nitrogens is 1. The van der Waals surface area contributed by atoms with E-state index in [2.05, 4.69) is 10.5 Å². The van der Waals surface area contributed by atoms with Crippen molar-refractivity contribution in [2.75, 3.05) is 6.54 Å². The van der Waals surface area contributed by atoms with Gasteiger partial charge in [0.1, 0.15) is 11.5 Å². The molecule has 6 heteroatoms. The molecule has 3 aromatic rings. The molecule has 0 saturated heterocycles. The topological polar surface area (TPSA) is 98.2 Å². The van der Waals surface area contributed by atoms with Crippen molar-refractivity contribution in [1.82, 2.24) is 10.5 Å². The van der Waals surface area contributed by atoms with Crippen LogP contribution in [0.2, 0.25) is 0 Å². The number of aryl methyl sites for hydroxylation is 2. The van der Waals surface area contributed by atoms with Crippen LogP contribution in [0.15, 0.2) is 53.1 Å². The van der Waals surface area contributed by atoms with E-state index in [1.807, 2.05) is 56.3 Å². The molecule has 0 atom stereocenters. The standard InChI is InChI=1S/C20H19N3O3/c1-12-10-15(8-9-16(12)20(25)22-11-17(21)24)18-13(2)26-23-19(18)14-6-4-3-5-7-14/h3-10H,11H2,1-2H3,(H2,21,24)(H,22,25). The van der Waals surface area contributed by atoms with Gasteiger partial charge in [-0.1, -0.05) is 47.6 Å². The van der Waals surface area contributed by atoms with E-state index in [1.54, 1.807) is 6.07 Å². The first kappa shape index (κ1) is 17.4. The van der Waals surface area contributed by atoms with Gasteiger partial charge in [-0.15, -0.1) is 0 Å². The average Bonchev–Trinajstić information content (AvgIpc) is 3.02. The Morgan fingerprint density at radius 1 is 1.08 bits per heavy atom. The molecule has 26 heavy (non-hydrogen) atoms. The van der Waals surface area contributed by atoms with Crippen molar-refractivity contribution >= 4 is 11.8 Å². The summed E-state index contributed by atoms with van der Waals surface area (Å²) in [7, 11) is 0. The highest BCUT2D eigenvalue weighted by Gasteiger charge is 2.18.